The molecule has 0 radical (unpaired) electrons. The molecule has 2 rings (SSSR count). The molecule has 3 nitrogen and oxygen atoms in total. The summed E-state index contributed by atoms with van der Waals surface area (Å²) in [5, 5.41) is 11.3. The highest BCUT2D eigenvalue weighted by Crippen LogP contribution is 2.18. The van der Waals surface area contributed by atoms with Gasteiger partial charge in [0.25, 0.3) is 0 Å². The molecule has 0 saturated heterocycles. The molecule has 0 aliphatic rings. The largest absolute Gasteiger partial charge is 0.478 e. The zero-order chi connectivity index (χ0) is 14.7. The van der Waals surface area contributed by atoms with Gasteiger partial charge in [-0.3, -0.25) is 0 Å². The Kier molecular flexibility index (Phi) is 3.93. The van der Waals surface area contributed by atoms with Crippen LogP contribution in [0.2, 0.25) is 0 Å². The fourth-order valence-electron chi connectivity index (χ4n) is 1.67. The molecule has 0 saturated carbocycles. The molecule has 0 unspecified atom stereocenters. The first-order valence-electron chi connectivity index (χ1n) is 5.68. The summed E-state index contributed by atoms with van der Waals surface area (Å²) in [7, 11) is 0. The predicted octanol–water partition coefficient (Wildman–Crippen LogP) is 3.41. The molecule has 104 valence electrons. The lowest BCUT2D eigenvalue weighted by atomic mass is 10.1. The summed E-state index contributed by atoms with van der Waals surface area (Å²) in [6.45, 7) is -0.159. The average molecular weight is 281 g/mol. The van der Waals surface area contributed by atoms with Crippen LogP contribution < -0.4 is 5.32 Å². The number of aromatic carboxylic acids is 1. The summed E-state index contributed by atoms with van der Waals surface area (Å²) in [4.78, 5) is 10.8. The van der Waals surface area contributed by atoms with Gasteiger partial charge in [-0.25, -0.2) is 18.0 Å². The first-order chi connectivity index (χ1) is 9.49. The van der Waals surface area contributed by atoms with Crippen LogP contribution in [0.1, 0.15) is 15.9 Å². The van der Waals surface area contributed by atoms with Crippen molar-refractivity contribution in [2.24, 2.45) is 0 Å². The number of hydrogen-bond donors (Lipinski definition) is 2. The lowest BCUT2D eigenvalue weighted by Crippen LogP contribution is -2.06. The van der Waals surface area contributed by atoms with Crippen molar-refractivity contribution >= 4 is 11.7 Å². The van der Waals surface area contributed by atoms with Gasteiger partial charge in [0.2, 0.25) is 0 Å². The second-order valence-corrected chi connectivity index (χ2v) is 4.07. The fraction of sp³-hybridized carbons (Fsp3) is 0.0714. The highest BCUT2D eigenvalue weighted by molar-refractivity contribution is 5.87. The maximum Gasteiger partial charge on any atom is 0.335 e. The van der Waals surface area contributed by atoms with Gasteiger partial charge in [-0.15, -0.1) is 0 Å². The van der Waals surface area contributed by atoms with Gasteiger partial charge in [0, 0.05) is 12.1 Å². The van der Waals surface area contributed by atoms with Gasteiger partial charge in [-0.2, -0.15) is 0 Å². The number of benzene rings is 2. The standard InChI is InChI=1S/C14H10F3NO2/c15-10-5-4-8(14(19)20)6-9(10)7-18-12-3-1-2-11(16)13(12)17/h1-6,18H,7H2,(H,19,20). The number of carbonyl (C=O) groups is 1. The van der Waals surface area contributed by atoms with Gasteiger partial charge in [0.05, 0.1) is 11.3 Å². The first kappa shape index (κ1) is 13.9. The molecule has 2 N–H and O–H groups in total. The third-order valence-corrected chi connectivity index (χ3v) is 2.71. The number of carboxylic acid groups (broad SMARTS) is 1. The van der Waals surface area contributed by atoms with E-state index in [0.29, 0.717) is 0 Å². The lowest BCUT2D eigenvalue weighted by Gasteiger charge is -2.09. The van der Waals surface area contributed by atoms with Crippen LogP contribution in [-0.4, -0.2) is 11.1 Å². The number of anilines is 1. The zero-order valence-corrected chi connectivity index (χ0v) is 10.2. The van der Waals surface area contributed by atoms with E-state index in [2.05, 4.69) is 5.32 Å². The quantitative estimate of drug-likeness (QED) is 0.902. The molecule has 0 aromatic heterocycles. The molecule has 2 aromatic rings. The van der Waals surface area contributed by atoms with E-state index in [0.717, 1.165) is 24.3 Å². The van der Waals surface area contributed by atoms with Gasteiger partial charge >= 0.3 is 5.97 Å². The van der Waals surface area contributed by atoms with Crippen molar-refractivity contribution in [1.82, 2.24) is 0 Å². The van der Waals surface area contributed by atoms with Crippen molar-refractivity contribution in [3.05, 3.63) is 65.0 Å². The lowest BCUT2D eigenvalue weighted by molar-refractivity contribution is 0.0696. The summed E-state index contributed by atoms with van der Waals surface area (Å²) >= 11 is 0. The topological polar surface area (TPSA) is 49.3 Å². The Morgan fingerprint density at radius 1 is 1.10 bits per heavy atom. The summed E-state index contributed by atoms with van der Waals surface area (Å²) in [6, 6.07) is 6.86. The molecule has 0 heterocycles. The highest BCUT2D eigenvalue weighted by atomic mass is 19.2. The molecular formula is C14H10F3NO2. The van der Waals surface area contributed by atoms with Crippen LogP contribution in [0.15, 0.2) is 36.4 Å². The third-order valence-electron chi connectivity index (χ3n) is 2.71. The Labute approximate surface area is 112 Å². The van der Waals surface area contributed by atoms with E-state index in [4.69, 9.17) is 5.11 Å². The molecule has 2 aromatic carbocycles. The summed E-state index contributed by atoms with van der Waals surface area (Å²) in [6.07, 6.45) is 0. The number of carboxylic acids is 1. The Balaban J connectivity index is 2.20. The van der Waals surface area contributed by atoms with Crippen LogP contribution in [0, 0.1) is 17.5 Å². The summed E-state index contributed by atoms with van der Waals surface area (Å²) in [5.74, 6) is -3.90. The molecule has 0 spiro atoms. The van der Waals surface area contributed by atoms with Gasteiger partial charge in [-0.1, -0.05) is 6.07 Å². The van der Waals surface area contributed by atoms with Gasteiger partial charge in [-0.05, 0) is 30.3 Å². The highest BCUT2D eigenvalue weighted by Gasteiger charge is 2.10. The normalized spacial score (nSPS) is 10.3. The van der Waals surface area contributed by atoms with Crippen LogP contribution >= 0.6 is 0 Å². The van der Waals surface area contributed by atoms with Crippen molar-refractivity contribution in [2.75, 3.05) is 5.32 Å². The van der Waals surface area contributed by atoms with Crippen LogP contribution in [-0.2, 0) is 6.54 Å². The molecule has 6 heteroatoms. The van der Waals surface area contributed by atoms with E-state index >= 15 is 0 Å². The van der Waals surface area contributed by atoms with Crippen LogP contribution in [0.4, 0.5) is 18.9 Å². The van der Waals surface area contributed by atoms with Gasteiger partial charge in [0.15, 0.2) is 11.6 Å². The molecule has 0 aliphatic heterocycles. The van der Waals surface area contributed by atoms with Crippen LogP contribution in [0.25, 0.3) is 0 Å². The smallest absolute Gasteiger partial charge is 0.335 e. The van der Waals surface area contributed by atoms with Crippen LogP contribution in [0.3, 0.4) is 0 Å². The Hall–Kier alpha value is -2.50. The van der Waals surface area contributed by atoms with E-state index in [1.807, 2.05) is 0 Å². The minimum absolute atomic E-state index is 0.0496. The molecular weight excluding hydrogens is 271 g/mol. The van der Waals surface area contributed by atoms with E-state index in [-0.39, 0.29) is 23.4 Å². The van der Waals surface area contributed by atoms with E-state index in [1.54, 1.807) is 0 Å². The SMILES string of the molecule is O=C(O)c1ccc(F)c(CNc2cccc(F)c2F)c1. The molecule has 0 bridgehead atoms. The molecule has 20 heavy (non-hydrogen) atoms. The Morgan fingerprint density at radius 2 is 1.85 bits per heavy atom. The van der Waals surface area contributed by atoms with Crippen molar-refractivity contribution in [3.63, 3.8) is 0 Å². The van der Waals surface area contributed by atoms with Crippen LogP contribution in [0.5, 0.6) is 0 Å². The van der Waals surface area contributed by atoms with E-state index in [9.17, 15) is 18.0 Å². The minimum atomic E-state index is -1.19. The van der Waals surface area contributed by atoms with Gasteiger partial charge in [0.1, 0.15) is 5.82 Å². The van der Waals surface area contributed by atoms with E-state index < -0.39 is 23.4 Å². The average Bonchev–Trinajstić information content (AvgIpc) is 2.41. The Bertz CT molecular complexity index is 659. The summed E-state index contributed by atoms with van der Waals surface area (Å²) in [5.41, 5.74) is -0.151. The number of nitrogens with one attached hydrogen (secondary N) is 1. The number of rotatable bonds is 4. The number of halogens is 3. The first-order valence-corrected chi connectivity index (χ1v) is 5.68. The number of hydrogen-bond acceptors (Lipinski definition) is 2. The van der Waals surface area contributed by atoms with Gasteiger partial charge < -0.3 is 10.4 Å². The van der Waals surface area contributed by atoms with Crippen molar-refractivity contribution in [2.45, 2.75) is 6.54 Å². The fourth-order valence-corrected chi connectivity index (χ4v) is 1.67. The second-order valence-electron chi connectivity index (χ2n) is 4.07. The van der Waals surface area contributed by atoms with Crippen molar-refractivity contribution in [3.8, 4) is 0 Å². The molecule has 0 fully saturated rings. The Morgan fingerprint density at radius 3 is 2.55 bits per heavy atom. The molecule has 0 aliphatic carbocycles. The monoisotopic (exact) mass is 281 g/mol. The third kappa shape index (κ3) is 2.90. The second kappa shape index (κ2) is 5.64. The zero-order valence-electron chi connectivity index (χ0n) is 10.2. The summed E-state index contributed by atoms with van der Waals surface area (Å²) < 4.78 is 39.9. The van der Waals surface area contributed by atoms with Crippen molar-refractivity contribution < 1.29 is 23.1 Å². The van der Waals surface area contributed by atoms with Crippen molar-refractivity contribution in [1.29, 1.82) is 0 Å². The maximum atomic E-state index is 13.5. The van der Waals surface area contributed by atoms with E-state index in [1.165, 1.54) is 12.1 Å². The minimum Gasteiger partial charge on any atom is -0.478 e. The molecule has 0 amide bonds. The molecule has 0 atom stereocenters. The maximum absolute atomic E-state index is 13.5. The predicted molar refractivity (Wildman–Crippen MR) is 67.0 cm³/mol.